The molecule has 0 aliphatic heterocycles. The van der Waals surface area contributed by atoms with Crippen LogP contribution in [-0.2, 0) is 0 Å². The summed E-state index contributed by atoms with van der Waals surface area (Å²) < 4.78 is 0. The molecule has 1 heterocycles. The van der Waals surface area contributed by atoms with Crippen molar-refractivity contribution in [3.63, 3.8) is 0 Å². The van der Waals surface area contributed by atoms with Gasteiger partial charge in [-0.15, -0.1) is 11.3 Å². The minimum atomic E-state index is -0.00858. The minimum absolute atomic E-state index is 0.00858. The fourth-order valence-electron chi connectivity index (χ4n) is 1.27. The van der Waals surface area contributed by atoms with Crippen molar-refractivity contribution >= 4 is 22.4 Å². The Morgan fingerprint density at radius 1 is 1.29 bits per heavy atom. The first-order valence-corrected chi connectivity index (χ1v) is 5.62. The second-order valence-electron chi connectivity index (χ2n) is 3.24. The lowest BCUT2D eigenvalue weighted by atomic mass is 10.1. The number of hydrogen-bond donors (Lipinski definition) is 2. The average Bonchev–Trinajstić information content (AvgIpc) is 2.77. The van der Waals surface area contributed by atoms with Crippen molar-refractivity contribution in [2.24, 2.45) is 16.5 Å². The van der Waals surface area contributed by atoms with Crippen LogP contribution in [0.3, 0.4) is 0 Å². The number of thiazole rings is 1. The molecule has 0 bridgehead atoms. The zero-order chi connectivity index (χ0) is 12.3. The Morgan fingerprint density at radius 3 is 2.59 bits per heavy atom. The van der Waals surface area contributed by atoms with Gasteiger partial charge in [0.25, 0.3) is 0 Å². The highest BCUT2D eigenvalue weighted by molar-refractivity contribution is 7.13. The maximum atomic E-state index is 8.69. The summed E-state index contributed by atoms with van der Waals surface area (Å²) in [5.41, 5.74) is 12.9. The third kappa shape index (κ3) is 2.59. The van der Waals surface area contributed by atoms with Gasteiger partial charge in [-0.05, 0) is 12.1 Å². The van der Waals surface area contributed by atoms with E-state index in [1.54, 1.807) is 12.1 Å². The van der Waals surface area contributed by atoms with Crippen LogP contribution in [0, 0.1) is 11.3 Å². The quantitative estimate of drug-likeness (QED) is 0.617. The first-order chi connectivity index (χ1) is 8.19. The van der Waals surface area contributed by atoms with Crippen molar-refractivity contribution in [3.8, 4) is 17.3 Å². The molecule has 0 atom stereocenters. The molecule has 0 saturated carbocycles. The van der Waals surface area contributed by atoms with E-state index >= 15 is 0 Å². The van der Waals surface area contributed by atoms with E-state index in [-0.39, 0.29) is 5.96 Å². The molecule has 0 fully saturated rings. The van der Waals surface area contributed by atoms with Crippen molar-refractivity contribution in [2.45, 2.75) is 0 Å². The Kier molecular flexibility index (Phi) is 3.03. The number of nitriles is 1. The van der Waals surface area contributed by atoms with Crippen LogP contribution in [0.4, 0.5) is 5.13 Å². The number of aromatic nitrogens is 1. The second kappa shape index (κ2) is 4.63. The molecule has 0 unspecified atom stereocenters. The maximum absolute atomic E-state index is 8.69. The summed E-state index contributed by atoms with van der Waals surface area (Å²) in [5.74, 6) is -0.00858. The van der Waals surface area contributed by atoms with E-state index in [9.17, 15) is 0 Å². The number of benzene rings is 1. The molecule has 1 aromatic carbocycles. The highest BCUT2D eigenvalue weighted by atomic mass is 32.1. The molecule has 0 spiro atoms. The van der Waals surface area contributed by atoms with Gasteiger partial charge in [-0.2, -0.15) is 10.3 Å². The number of aliphatic imine (C=N–C) groups is 1. The Balaban J connectivity index is 2.31. The summed E-state index contributed by atoms with van der Waals surface area (Å²) in [4.78, 5) is 8.13. The molecule has 0 aliphatic rings. The molecular weight excluding hydrogens is 234 g/mol. The Labute approximate surface area is 102 Å². The van der Waals surface area contributed by atoms with Gasteiger partial charge >= 0.3 is 0 Å². The number of guanidine groups is 1. The third-order valence-corrected chi connectivity index (χ3v) is 2.76. The molecular formula is C11H9N5S. The molecule has 1 aromatic heterocycles. The van der Waals surface area contributed by atoms with Gasteiger partial charge in [0, 0.05) is 10.9 Å². The number of rotatable bonds is 2. The van der Waals surface area contributed by atoms with Gasteiger partial charge in [-0.3, -0.25) is 0 Å². The lowest BCUT2D eigenvalue weighted by Crippen LogP contribution is -2.21. The normalized spacial score (nSPS) is 9.59. The summed E-state index contributed by atoms with van der Waals surface area (Å²) in [6.45, 7) is 0. The Morgan fingerprint density at radius 2 is 2.00 bits per heavy atom. The number of hydrogen-bond acceptors (Lipinski definition) is 4. The topological polar surface area (TPSA) is 101 Å². The largest absolute Gasteiger partial charge is 0.370 e. The highest BCUT2D eigenvalue weighted by Crippen LogP contribution is 2.26. The molecule has 4 N–H and O–H groups in total. The van der Waals surface area contributed by atoms with E-state index in [1.165, 1.54) is 11.3 Å². The van der Waals surface area contributed by atoms with Crippen LogP contribution < -0.4 is 11.5 Å². The average molecular weight is 243 g/mol. The van der Waals surface area contributed by atoms with E-state index in [4.69, 9.17) is 16.7 Å². The lowest BCUT2D eigenvalue weighted by Gasteiger charge is -1.95. The highest BCUT2D eigenvalue weighted by Gasteiger charge is 2.03. The van der Waals surface area contributed by atoms with Crippen molar-refractivity contribution in [1.29, 1.82) is 5.26 Å². The van der Waals surface area contributed by atoms with Crippen molar-refractivity contribution in [2.75, 3.05) is 0 Å². The molecule has 6 heteroatoms. The lowest BCUT2D eigenvalue weighted by molar-refractivity contribution is 1.33. The van der Waals surface area contributed by atoms with Gasteiger partial charge in [-0.1, -0.05) is 12.1 Å². The van der Waals surface area contributed by atoms with Crippen molar-refractivity contribution in [1.82, 2.24) is 4.98 Å². The summed E-state index contributed by atoms with van der Waals surface area (Å²) in [6, 6.07) is 9.23. The van der Waals surface area contributed by atoms with Crippen molar-refractivity contribution in [3.05, 3.63) is 35.2 Å². The molecule has 2 rings (SSSR count). The van der Waals surface area contributed by atoms with Gasteiger partial charge in [0.1, 0.15) is 0 Å². The Hall–Kier alpha value is -2.39. The molecule has 5 nitrogen and oxygen atoms in total. The van der Waals surface area contributed by atoms with Crippen LogP contribution in [0.1, 0.15) is 5.56 Å². The zero-order valence-electron chi connectivity index (χ0n) is 8.79. The summed E-state index contributed by atoms with van der Waals surface area (Å²) in [6.07, 6.45) is 0. The summed E-state index contributed by atoms with van der Waals surface area (Å²) in [5, 5.41) is 11.1. The first-order valence-electron chi connectivity index (χ1n) is 4.75. The SMILES string of the molecule is N#Cc1ccc(-c2csc(N=C(N)N)n2)cc1. The van der Waals surface area contributed by atoms with E-state index in [2.05, 4.69) is 16.0 Å². The third-order valence-electron chi connectivity index (χ3n) is 2.03. The second-order valence-corrected chi connectivity index (χ2v) is 4.08. The van der Waals surface area contributed by atoms with Gasteiger partial charge in [0.05, 0.1) is 17.3 Å². The predicted octanol–water partition coefficient (Wildman–Crippen LogP) is 1.59. The van der Waals surface area contributed by atoms with Crippen molar-refractivity contribution < 1.29 is 0 Å². The van der Waals surface area contributed by atoms with Crippen LogP contribution in [0.2, 0.25) is 0 Å². The fraction of sp³-hybridized carbons (Fsp3) is 0. The van der Waals surface area contributed by atoms with Gasteiger partial charge < -0.3 is 11.5 Å². The molecule has 0 aliphatic carbocycles. The fourth-order valence-corrected chi connectivity index (χ4v) is 1.99. The molecule has 0 amide bonds. The summed E-state index contributed by atoms with van der Waals surface area (Å²) in [7, 11) is 0. The van der Waals surface area contributed by atoms with Gasteiger partial charge in [0.15, 0.2) is 5.96 Å². The zero-order valence-corrected chi connectivity index (χ0v) is 9.61. The van der Waals surface area contributed by atoms with Crippen LogP contribution in [0.25, 0.3) is 11.3 Å². The molecule has 2 aromatic rings. The van der Waals surface area contributed by atoms with E-state index in [0.29, 0.717) is 10.7 Å². The smallest absolute Gasteiger partial charge is 0.212 e. The number of nitrogens with zero attached hydrogens (tertiary/aromatic N) is 3. The molecule has 0 radical (unpaired) electrons. The van der Waals surface area contributed by atoms with Gasteiger partial charge in [0.2, 0.25) is 5.13 Å². The van der Waals surface area contributed by atoms with Crippen LogP contribution >= 0.6 is 11.3 Å². The van der Waals surface area contributed by atoms with E-state index in [1.807, 2.05) is 17.5 Å². The monoisotopic (exact) mass is 243 g/mol. The minimum Gasteiger partial charge on any atom is -0.370 e. The standard InChI is InChI=1S/C11H9N5S/c12-5-7-1-3-8(4-2-7)9-6-17-11(15-9)16-10(13)14/h1-4,6H,(H4,13,14,15,16). The van der Waals surface area contributed by atoms with Crippen LogP contribution in [0.5, 0.6) is 0 Å². The number of nitrogens with two attached hydrogens (primary N) is 2. The molecule has 17 heavy (non-hydrogen) atoms. The van der Waals surface area contributed by atoms with E-state index in [0.717, 1.165) is 11.3 Å². The molecule has 0 saturated heterocycles. The maximum Gasteiger partial charge on any atom is 0.212 e. The molecule has 84 valence electrons. The van der Waals surface area contributed by atoms with Crippen LogP contribution in [0.15, 0.2) is 34.6 Å². The van der Waals surface area contributed by atoms with Gasteiger partial charge in [-0.25, -0.2) is 4.98 Å². The predicted molar refractivity (Wildman–Crippen MR) is 67.7 cm³/mol. The van der Waals surface area contributed by atoms with Crippen LogP contribution in [-0.4, -0.2) is 10.9 Å². The first kappa shape index (κ1) is 11.1. The Bertz CT molecular complexity index is 587. The van der Waals surface area contributed by atoms with E-state index < -0.39 is 0 Å². The summed E-state index contributed by atoms with van der Waals surface area (Å²) >= 11 is 1.36.